The van der Waals surface area contributed by atoms with Crippen LogP contribution in [0.15, 0.2) is 231 Å². The second kappa shape index (κ2) is 13.4. The molecule has 2 nitrogen and oxygen atoms in total. The lowest BCUT2D eigenvalue weighted by Gasteiger charge is -2.34. The maximum atomic E-state index is 2.41. The Morgan fingerprint density at radius 2 is 0.860 bits per heavy atom. The van der Waals surface area contributed by atoms with Gasteiger partial charge in [0.15, 0.2) is 0 Å². The number of rotatable bonds is 7. The number of nitrogens with zero attached hydrogens (tertiary/aromatic N) is 2. The first-order valence-corrected chi connectivity index (χ1v) is 19.7. The maximum absolute atomic E-state index is 2.41. The summed E-state index contributed by atoms with van der Waals surface area (Å²) in [5, 5.41) is 2.46. The molecule has 0 amide bonds. The van der Waals surface area contributed by atoms with Gasteiger partial charge in [-0.25, -0.2) is 0 Å². The molecule has 57 heavy (non-hydrogen) atoms. The topological polar surface area (TPSA) is 8.17 Å². The van der Waals surface area contributed by atoms with E-state index in [1.54, 1.807) is 0 Å². The molecular formula is C55H38N2. The van der Waals surface area contributed by atoms with Crippen molar-refractivity contribution in [1.82, 2.24) is 4.57 Å². The Bertz CT molecular complexity index is 2990. The van der Waals surface area contributed by atoms with Crippen molar-refractivity contribution < 1.29 is 0 Å². The molecule has 0 N–H and O–H groups in total. The molecule has 0 unspecified atom stereocenters. The summed E-state index contributed by atoms with van der Waals surface area (Å²) in [5.74, 6) is 0. The Hall–Kier alpha value is -7.42. The summed E-state index contributed by atoms with van der Waals surface area (Å²) in [7, 11) is 0. The fraction of sp³-hybridized carbons (Fsp3) is 0.0182. The molecule has 0 fully saturated rings. The second-order valence-electron chi connectivity index (χ2n) is 14.9. The van der Waals surface area contributed by atoms with Crippen molar-refractivity contribution in [2.75, 3.05) is 4.90 Å². The van der Waals surface area contributed by atoms with Gasteiger partial charge in [0.25, 0.3) is 0 Å². The summed E-state index contributed by atoms with van der Waals surface area (Å²) in [6, 6.07) is 84.1. The molecule has 9 aromatic carbocycles. The minimum Gasteiger partial charge on any atom is -0.310 e. The van der Waals surface area contributed by atoms with Crippen molar-refractivity contribution in [2.45, 2.75) is 5.41 Å². The predicted octanol–water partition coefficient (Wildman–Crippen LogP) is 14.3. The number of hydrogen-bond donors (Lipinski definition) is 0. The van der Waals surface area contributed by atoms with Gasteiger partial charge in [0, 0.05) is 33.5 Å². The van der Waals surface area contributed by atoms with Gasteiger partial charge in [-0.15, -0.1) is 0 Å². The van der Waals surface area contributed by atoms with Gasteiger partial charge < -0.3 is 9.47 Å². The Morgan fingerprint density at radius 3 is 1.53 bits per heavy atom. The Morgan fingerprint density at radius 1 is 0.351 bits per heavy atom. The number of para-hydroxylation sites is 2. The average molecular weight is 727 g/mol. The molecule has 1 aromatic heterocycles. The van der Waals surface area contributed by atoms with Crippen molar-refractivity contribution >= 4 is 38.9 Å². The van der Waals surface area contributed by atoms with Crippen LogP contribution in [0.2, 0.25) is 0 Å². The van der Waals surface area contributed by atoms with Gasteiger partial charge in [-0.1, -0.05) is 170 Å². The summed E-state index contributed by atoms with van der Waals surface area (Å²) in [5.41, 5.74) is 16.5. The zero-order valence-corrected chi connectivity index (χ0v) is 31.3. The highest BCUT2D eigenvalue weighted by atomic mass is 15.1. The minimum absolute atomic E-state index is 0.448. The summed E-state index contributed by atoms with van der Waals surface area (Å²) >= 11 is 0. The molecule has 1 aliphatic carbocycles. The third-order valence-electron chi connectivity index (χ3n) is 11.9. The second-order valence-corrected chi connectivity index (χ2v) is 14.9. The van der Waals surface area contributed by atoms with Crippen molar-refractivity contribution in [3.8, 4) is 27.9 Å². The first-order chi connectivity index (χ1) is 28.3. The van der Waals surface area contributed by atoms with Crippen LogP contribution in [-0.4, -0.2) is 4.57 Å². The molecule has 0 bridgehead atoms. The number of benzene rings is 9. The first kappa shape index (κ1) is 33.0. The first-order valence-electron chi connectivity index (χ1n) is 19.7. The molecule has 0 aliphatic heterocycles. The molecule has 0 radical (unpaired) electrons. The Balaban J connectivity index is 1.13. The van der Waals surface area contributed by atoms with Crippen molar-refractivity contribution in [3.05, 3.63) is 253 Å². The van der Waals surface area contributed by atoms with E-state index in [1.807, 2.05) is 0 Å². The average Bonchev–Trinajstić information content (AvgIpc) is 3.79. The summed E-state index contributed by atoms with van der Waals surface area (Å²) < 4.78 is 2.41. The van der Waals surface area contributed by atoms with Gasteiger partial charge in [0.2, 0.25) is 0 Å². The minimum atomic E-state index is -0.448. The van der Waals surface area contributed by atoms with Crippen molar-refractivity contribution in [1.29, 1.82) is 0 Å². The van der Waals surface area contributed by atoms with Crippen LogP contribution in [0.4, 0.5) is 17.1 Å². The van der Waals surface area contributed by atoms with Crippen LogP contribution in [0.1, 0.15) is 22.3 Å². The number of fused-ring (bicyclic) bond motifs is 6. The van der Waals surface area contributed by atoms with E-state index in [2.05, 4.69) is 240 Å². The summed E-state index contributed by atoms with van der Waals surface area (Å²) in [6.07, 6.45) is 0. The van der Waals surface area contributed by atoms with Gasteiger partial charge in [-0.3, -0.25) is 0 Å². The van der Waals surface area contributed by atoms with Crippen LogP contribution in [0.3, 0.4) is 0 Å². The van der Waals surface area contributed by atoms with E-state index in [1.165, 1.54) is 66.3 Å². The van der Waals surface area contributed by atoms with E-state index < -0.39 is 5.41 Å². The van der Waals surface area contributed by atoms with Crippen LogP contribution >= 0.6 is 0 Å². The lowest BCUT2D eigenvalue weighted by Crippen LogP contribution is -2.28. The SMILES string of the molecule is c1ccc(-c2cccc3c2c2cc(N(c4ccccc4)c4ccc(C5(c6ccccc6)c6ccccc6-c6ccccc65)cc4)ccc2n3-c2ccccc2)cc1. The predicted molar refractivity (Wildman–Crippen MR) is 238 cm³/mol. The molecule has 0 saturated carbocycles. The van der Waals surface area contributed by atoms with Gasteiger partial charge in [-0.05, 0) is 105 Å². The van der Waals surface area contributed by atoms with Gasteiger partial charge in [-0.2, -0.15) is 0 Å². The lowest BCUT2D eigenvalue weighted by atomic mass is 9.68. The van der Waals surface area contributed by atoms with Crippen molar-refractivity contribution in [2.24, 2.45) is 0 Å². The van der Waals surface area contributed by atoms with Gasteiger partial charge in [0.1, 0.15) is 0 Å². The van der Waals surface area contributed by atoms with Gasteiger partial charge in [0.05, 0.1) is 16.4 Å². The molecule has 0 spiro atoms. The van der Waals surface area contributed by atoms with Crippen LogP contribution in [-0.2, 0) is 5.41 Å². The normalized spacial score (nSPS) is 12.7. The Labute approximate surface area is 333 Å². The molecule has 1 heterocycles. The van der Waals surface area contributed by atoms with Crippen molar-refractivity contribution in [3.63, 3.8) is 0 Å². The van der Waals surface area contributed by atoms with E-state index in [9.17, 15) is 0 Å². The third-order valence-corrected chi connectivity index (χ3v) is 11.9. The van der Waals surface area contributed by atoms with Gasteiger partial charge >= 0.3 is 0 Å². The molecule has 268 valence electrons. The lowest BCUT2D eigenvalue weighted by molar-refractivity contribution is 0.768. The largest absolute Gasteiger partial charge is 0.310 e. The molecule has 0 atom stereocenters. The van der Waals surface area contributed by atoms with E-state index >= 15 is 0 Å². The molecule has 1 aliphatic rings. The van der Waals surface area contributed by atoms with Crippen LogP contribution in [0.25, 0.3) is 49.7 Å². The Kier molecular flexibility index (Phi) is 7.75. The quantitative estimate of drug-likeness (QED) is 0.159. The zero-order valence-electron chi connectivity index (χ0n) is 31.3. The van der Waals surface area contributed by atoms with E-state index in [4.69, 9.17) is 0 Å². The number of aromatic nitrogens is 1. The molecule has 2 heteroatoms. The van der Waals surface area contributed by atoms with E-state index in [0.717, 1.165) is 22.7 Å². The smallest absolute Gasteiger partial charge is 0.0713 e. The van der Waals surface area contributed by atoms with E-state index in [0.29, 0.717) is 0 Å². The fourth-order valence-corrected chi connectivity index (χ4v) is 9.51. The highest BCUT2D eigenvalue weighted by Crippen LogP contribution is 2.56. The highest BCUT2D eigenvalue weighted by molar-refractivity contribution is 6.16. The number of anilines is 3. The molecule has 10 aromatic rings. The van der Waals surface area contributed by atoms with Crippen LogP contribution < -0.4 is 4.90 Å². The van der Waals surface area contributed by atoms with Crippen LogP contribution in [0, 0.1) is 0 Å². The zero-order chi connectivity index (χ0) is 37.8. The monoisotopic (exact) mass is 726 g/mol. The molecule has 11 rings (SSSR count). The van der Waals surface area contributed by atoms with Crippen LogP contribution in [0.5, 0.6) is 0 Å². The highest BCUT2D eigenvalue weighted by Gasteiger charge is 2.45. The fourth-order valence-electron chi connectivity index (χ4n) is 9.51. The standard InChI is InChI=1S/C55H38N2/c1-5-18-39(19-6-1)46-28-17-31-53-54(46)49-38-45(36-37-52(49)57(53)43-24-11-4-12-25-43)56(42-22-9-3-10-23-42)44-34-32-41(33-35-44)55(40-20-7-2-8-21-40)50-29-15-13-26-47(50)48-27-14-16-30-51(48)55/h1-38H. The molecule has 0 saturated heterocycles. The third kappa shape index (κ3) is 5.11. The summed E-state index contributed by atoms with van der Waals surface area (Å²) in [6.45, 7) is 0. The van der Waals surface area contributed by atoms with E-state index in [-0.39, 0.29) is 0 Å². The molecular weight excluding hydrogens is 689 g/mol. The summed E-state index contributed by atoms with van der Waals surface area (Å²) in [4.78, 5) is 2.39. The maximum Gasteiger partial charge on any atom is 0.0713 e. The number of hydrogen-bond acceptors (Lipinski definition) is 1.